The van der Waals surface area contributed by atoms with Gasteiger partial charge in [-0.2, -0.15) is 0 Å². The first-order valence-electron chi connectivity index (χ1n) is 0.582. The summed E-state index contributed by atoms with van der Waals surface area (Å²) in [5.41, 5.74) is 0. The van der Waals surface area contributed by atoms with Crippen molar-refractivity contribution in [3.05, 3.63) is 0 Å². The third kappa shape index (κ3) is 25.0. The van der Waals surface area contributed by atoms with Gasteiger partial charge in [-0.3, -0.25) is 4.79 Å². The monoisotopic (exact) mass is 138 g/mol. The van der Waals surface area contributed by atoms with E-state index in [1.54, 1.807) is 0 Å². The van der Waals surface area contributed by atoms with Crippen LogP contribution in [0.4, 0.5) is 4.79 Å². The Morgan fingerprint density at radius 1 is 1.40 bits per heavy atom. The molecule has 0 saturated heterocycles. The van der Waals surface area contributed by atoms with Crippen LogP contribution < -0.4 is 0 Å². The molecule has 0 spiro atoms. The third-order valence-electron chi connectivity index (χ3n) is 0. The maximum absolute atomic E-state index is 8.98. The topological polar surface area (TPSA) is 17.1 Å². The normalized spacial score (nSPS) is 5.20. The maximum atomic E-state index is 8.98. The second-order valence-corrected chi connectivity index (χ2v) is 1.11. The molecule has 0 bridgehead atoms. The standard InChI is InChI=1S/CCl2O.K.H/c2-1(3)4;;. The molecular formula is CHCl2KO. The zero-order valence-corrected chi connectivity index (χ0v) is 3.18. The molecule has 0 aromatic rings. The molecule has 0 rings (SSSR count). The van der Waals surface area contributed by atoms with Crippen LogP contribution in [0, 0.1) is 0 Å². The van der Waals surface area contributed by atoms with E-state index >= 15 is 0 Å². The van der Waals surface area contributed by atoms with Gasteiger partial charge in [0, 0.05) is 0 Å². The van der Waals surface area contributed by atoms with Crippen molar-refractivity contribution >= 4 is 79.3 Å². The summed E-state index contributed by atoms with van der Waals surface area (Å²) < 4.78 is -0.889. The van der Waals surface area contributed by atoms with Gasteiger partial charge in [0.2, 0.25) is 0 Å². The second kappa shape index (κ2) is 5.89. The molecule has 0 unspecified atom stereocenters. The number of hydrogen-bond acceptors (Lipinski definition) is 1. The molecule has 0 heterocycles. The molecule has 4 heteroatoms. The van der Waals surface area contributed by atoms with Gasteiger partial charge in [-0.15, -0.1) is 0 Å². The van der Waals surface area contributed by atoms with E-state index in [2.05, 4.69) is 23.2 Å². The molecule has 0 fully saturated rings. The Hall–Kier alpha value is 1.89. The first-order chi connectivity index (χ1) is 1.73. The average molecular weight is 139 g/mol. The number of hydrogen-bond donors (Lipinski definition) is 0. The van der Waals surface area contributed by atoms with E-state index in [4.69, 9.17) is 4.79 Å². The first kappa shape index (κ1) is 9.99. The van der Waals surface area contributed by atoms with E-state index in [1.165, 1.54) is 0 Å². The summed E-state index contributed by atoms with van der Waals surface area (Å²) in [4.78, 5) is 8.98. The van der Waals surface area contributed by atoms with Crippen LogP contribution in [0.25, 0.3) is 0 Å². The molecule has 26 valence electrons. The minimum absolute atomic E-state index is 0. The van der Waals surface area contributed by atoms with E-state index in [1.807, 2.05) is 0 Å². The summed E-state index contributed by atoms with van der Waals surface area (Å²) in [5.74, 6) is 0. The van der Waals surface area contributed by atoms with Crippen LogP contribution in [0.3, 0.4) is 0 Å². The van der Waals surface area contributed by atoms with Crippen molar-refractivity contribution in [3.63, 3.8) is 0 Å². The molecule has 0 saturated carbocycles. The van der Waals surface area contributed by atoms with E-state index < -0.39 is 4.70 Å². The molecule has 1 nitrogen and oxygen atoms in total. The van der Waals surface area contributed by atoms with E-state index in [-0.39, 0.29) is 51.4 Å². The van der Waals surface area contributed by atoms with Crippen molar-refractivity contribution in [2.45, 2.75) is 0 Å². The third-order valence-corrected chi connectivity index (χ3v) is 0. The van der Waals surface area contributed by atoms with Gasteiger partial charge in [-0.05, 0) is 23.2 Å². The Morgan fingerprint density at radius 2 is 1.40 bits per heavy atom. The molecule has 0 aliphatic heterocycles. The van der Waals surface area contributed by atoms with E-state index in [9.17, 15) is 0 Å². The summed E-state index contributed by atoms with van der Waals surface area (Å²) in [7, 11) is 0. The molecule has 0 N–H and O–H groups in total. The van der Waals surface area contributed by atoms with Gasteiger partial charge in [0.25, 0.3) is 0 Å². The molecule has 5 heavy (non-hydrogen) atoms. The summed E-state index contributed by atoms with van der Waals surface area (Å²) in [6.45, 7) is 0. The Labute approximate surface area is 82.4 Å². The molecule has 0 radical (unpaired) electrons. The van der Waals surface area contributed by atoms with Crippen LogP contribution in [-0.4, -0.2) is 56.1 Å². The average Bonchev–Trinajstić information content (AvgIpc) is 0.811. The first-order valence-corrected chi connectivity index (χ1v) is 1.34. The fourth-order valence-corrected chi connectivity index (χ4v) is 0. The van der Waals surface area contributed by atoms with Crippen LogP contribution in [0.15, 0.2) is 0 Å². The van der Waals surface area contributed by atoms with Gasteiger partial charge in [-0.1, -0.05) is 0 Å². The van der Waals surface area contributed by atoms with Gasteiger partial charge in [0.05, 0.1) is 0 Å². The predicted molar refractivity (Wildman–Crippen MR) is 24.3 cm³/mol. The SMILES string of the molecule is O=C(Cl)Cl.[KH]. The van der Waals surface area contributed by atoms with Crippen LogP contribution in [0.1, 0.15) is 0 Å². The Bertz CT molecular complexity index is 32.6. The van der Waals surface area contributed by atoms with Crippen LogP contribution in [-0.2, 0) is 0 Å². The minimum atomic E-state index is -0.889. The number of carbonyl (C=O) groups is 1. The van der Waals surface area contributed by atoms with E-state index in [0.29, 0.717) is 0 Å². The molecular weight excluding hydrogens is 138 g/mol. The van der Waals surface area contributed by atoms with Crippen LogP contribution >= 0.6 is 23.2 Å². The van der Waals surface area contributed by atoms with Gasteiger partial charge < -0.3 is 0 Å². The fraction of sp³-hybridized carbons (Fsp3) is 0. The summed E-state index contributed by atoms with van der Waals surface area (Å²) >= 11 is 8.80. The molecule has 0 amide bonds. The van der Waals surface area contributed by atoms with Crippen molar-refractivity contribution < 1.29 is 4.79 Å². The van der Waals surface area contributed by atoms with Crippen molar-refractivity contribution in [1.29, 1.82) is 0 Å². The number of rotatable bonds is 0. The van der Waals surface area contributed by atoms with Crippen LogP contribution in [0.2, 0.25) is 0 Å². The van der Waals surface area contributed by atoms with Crippen LogP contribution in [0.5, 0.6) is 0 Å². The Morgan fingerprint density at radius 3 is 1.40 bits per heavy atom. The Kier molecular flexibility index (Phi) is 11.8. The van der Waals surface area contributed by atoms with Crippen molar-refractivity contribution in [2.24, 2.45) is 0 Å². The van der Waals surface area contributed by atoms with Gasteiger partial charge in [0.1, 0.15) is 0 Å². The summed E-state index contributed by atoms with van der Waals surface area (Å²) in [5, 5.41) is 0. The molecule has 0 aliphatic carbocycles. The van der Waals surface area contributed by atoms with Gasteiger partial charge in [-0.25, -0.2) is 0 Å². The second-order valence-electron chi connectivity index (χ2n) is 0.226. The van der Waals surface area contributed by atoms with E-state index in [0.717, 1.165) is 0 Å². The molecule has 0 aromatic carbocycles. The van der Waals surface area contributed by atoms with Crippen molar-refractivity contribution in [2.75, 3.05) is 0 Å². The molecule has 0 aromatic heterocycles. The zero-order valence-electron chi connectivity index (χ0n) is 1.66. The van der Waals surface area contributed by atoms with Crippen molar-refractivity contribution in [1.82, 2.24) is 0 Å². The quantitative estimate of drug-likeness (QED) is 0.360. The van der Waals surface area contributed by atoms with Gasteiger partial charge in [0.15, 0.2) is 0 Å². The summed E-state index contributed by atoms with van der Waals surface area (Å²) in [6, 6.07) is 0. The van der Waals surface area contributed by atoms with Crippen molar-refractivity contribution in [3.8, 4) is 0 Å². The van der Waals surface area contributed by atoms with Gasteiger partial charge >= 0.3 is 56.1 Å². The fourth-order valence-electron chi connectivity index (χ4n) is 0. The molecule has 0 aliphatic rings. The number of halogens is 2. The Balaban J connectivity index is 0. The number of carbonyl (C=O) groups excluding carboxylic acids is 1. The summed E-state index contributed by atoms with van der Waals surface area (Å²) in [6.07, 6.45) is 0. The predicted octanol–water partition coefficient (Wildman–Crippen LogP) is 0.935. The molecule has 0 atom stereocenters. The zero-order chi connectivity index (χ0) is 3.58.